The summed E-state index contributed by atoms with van der Waals surface area (Å²) in [5.41, 5.74) is -9.44. The molecule has 0 aromatic heterocycles. The lowest BCUT2D eigenvalue weighted by atomic mass is 9.83. The van der Waals surface area contributed by atoms with E-state index in [1.807, 2.05) is 0 Å². The number of aliphatic hydroxyl groups excluding tert-OH is 1. The van der Waals surface area contributed by atoms with Crippen molar-refractivity contribution in [3.63, 3.8) is 0 Å². The molecule has 0 spiro atoms. The molecule has 0 aromatic rings. The van der Waals surface area contributed by atoms with Crippen molar-refractivity contribution >= 4 is 0 Å². The predicted molar refractivity (Wildman–Crippen MR) is 79.5 cm³/mol. The maximum absolute atomic E-state index is 14.7. The van der Waals surface area contributed by atoms with E-state index in [1.54, 1.807) is 0 Å². The normalized spacial score (nSPS) is 29.3. The zero-order chi connectivity index (χ0) is 24.0. The fraction of sp³-hybridized carbons (Fsp3) is 1.00. The van der Waals surface area contributed by atoms with Crippen molar-refractivity contribution in [2.24, 2.45) is 11.8 Å². The fourth-order valence-corrected chi connectivity index (χ4v) is 3.65. The Morgan fingerprint density at radius 2 is 1.47 bits per heavy atom. The second-order valence-corrected chi connectivity index (χ2v) is 7.39. The van der Waals surface area contributed by atoms with Crippen LogP contribution in [0.15, 0.2) is 0 Å². The van der Waals surface area contributed by atoms with Gasteiger partial charge in [0.2, 0.25) is 5.67 Å². The molecule has 30 heavy (non-hydrogen) atoms. The number of rotatable bonds is 8. The van der Waals surface area contributed by atoms with Gasteiger partial charge in [0, 0.05) is 19.4 Å². The van der Waals surface area contributed by atoms with Crippen LogP contribution in [0.2, 0.25) is 0 Å². The highest BCUT2D eigenvalue weighted by atomic mass is 19.4. The van der Waals surface area contributed by atoms with Crippen molar-refractivity contribution in [1.29, 1.82) is 0 Å². The highest BCUT2D eigenvalue weighted by Crippen LogP contribution is 2.61. The third-order valence-electron chi connectivity index (χ3n) is 5.44. The minimum Gasteiger partial charge on any atom is -0.374 e. The molecule has 14 heteroatoms. The molecule has 0 aliphatic heterocycles. The smallest absolute Gasteiger partial charge is 0.374 e. The van der Waals surface area contributed by atoms with Gasteiger partial charge in [0.05, 0.1) is 5.92 Å². The van der Waals surface area contributed by atoms with Gasteiger partial charge in [0.1, 0.15) is 0 Å². The summed E-state index contributed by atoms with van der Waals surface area (Å²) in [6, 6.07) is 0. The average Bonchev–Trinajstić information content (AvgIpc) is 2.76. The van der Waals surface area contributed by atoms with E-state index in [4.69, 9.17) is 5.11 Å². The molecule has 1 saturated carbocycles. The lowest BCUT2D eigenvalue weighted by molar-refractivity contribution is -0.370. The summed E-state index contributed by atoms with van der Waals surface area (Å²) in [5, 5.41) is 18.7. The van der Waals surface area contributed by atoms with Crippen LogP contribution in [0, 0.1) is 11.8 Å². The van der Waals surface area contributed by atoms with Gasteiger partial charge in [0.25, 0.3) is 17.4 Å². The third kappa shape index (κ3) is 4.36. The molecule has 180 valence electrons. The maximum Gasteiger partial charge on any atom is 0.426 e. The summed E-state index contributed by atoms with van der Waals surface area (Å²) >= 11 is 0. The van der Waals surface area contributed by atoms with Gasteiger partial charge in [-0.15, -0.1) is 0 Å². The molecule has 1 aliphatic rings. The predicted octanol–water partition coefficient (Wildman–Crippen LogP) is 5.00. The standard InChI is InChI=1S/C16H21F11O3/c1-3-8-7-9(14(20,21)13(8,19)11(2,17)18)10(28)30-6-4-5-12(29,15(22,23)24)16(25,26)27/h8-10,28-29H,3-7H2,1-2H3/t8?,9?,10-,13?/m1/s1. The van der Waals surface area contributed by atoms with Crippen LogP contribution in [0.3, 0.4) is 0 Å². The van der Waals surface area contributed by atoms with Gasteiger partial charge in [-0.1, -0.05) is 6.92 Å². The number of alkyl halides is 11. The van der Waals surface area contributed by atoms with E-state index < -0.39 is 85.9 Å². The molecule has 3 unspecified atom stereocenters. The Morgan fingerprint density at radius 3 is 1.80 bits per heavy atom. The van der Waals surface area contributed by atoms with E-state index in [0.29, 0.717) is 0 Å². The van der Waals surface area contributed by atoms with Gasteiger partial charge in [-0.25, -0.2) is 22.0 Å². The molecular weight excluding hydrogens is 449 g/mol. The van der Waals surface area contributed by atoms with Crippen LogP contribution in [-0.4, -0.2) is 58.6 Å². The van der Waals surface area contributed by atoms with Crippen molar-refractivity contribution in [2.45, 2.75) is 81.3 Å². The minimum absolute atomic E-state index is 0.0612. The van der Waals surface area contributed by atoms with Gasteiger partial charge in [-0.05, 0) is 25.7 Å². The average molecular weight is 470 g/mol. The van der Waals surface area contributed by atoms with Gasteiger partial charge in [0.15, 0.2) is 6.29 Å². The first kappa shape index (κ1) is 27.1. The van der Waals surface area contributed by atoms with Crippen molar-refractivity contribution in [2.75, 3.05) is 6.61 Å². The van der Waals surface area contributed by atoms with E-state index in [0.717, 1.165) is 6.92 Å². The molecule has 1 fully saturated rings. The highest BCUT2D eigenvalue weighted by Gasteiger charge is 2.78. The van der Waals surface area contributed by atoms with Gasteiger partial charge in [-0.2, -0.15) is 26.3 Å². The summed E-state index contributed by atoms with van der Waals surface area (Å²) in [6.07, 6.45) is -19.4. The highest BCUT2D eigenvalue weighted by molar-refractivity contribution is 5.14. The van der Waals surface area contributed by atoms with Crippen LogP contribution in [0.1, 0.15) is 39.5 Å². The molecule has 1 rings (SSSR count). The lowest BCUT2D eigenvalue weighted by Crippen LogP contribution is -2.58. The Kier molecular flexibility index (Phi) is 7.44. The number of hydrogen-bond acceptors (Lipinski definition) is 3. The Bertz CT molecular complexity index is 570. The summed E-state index contributed by atoms with van der Waals surface area (Å²) in [4.78, 5) is 0. The zero-order valence-corrected chi connectivity index (χ0v) is 15.7. The third-order valence-corrected chi connectivity index (χ3v) is 5.44. The fourth-order valence-electron chi connectivity index (χ4n) is 3.65. The van der Waals surface area contributed by atoms with E-state index in [1.165, 1.54) is 0 Å². The Hall–Kier alpha value is -0.890. The second kappa shape index (κ2) is 8.23. The van der Waals surface area contributed by atoms with Gasteiger partial charge >= 0.3 is 12.4 Å². The number of ether oxygens (including phenoxy) is 1. The quantitative estimate of drug-likeness (QED) is 0.298. The largest absolute Gasteiger partial charge is 0.426 e. The van der Waals surface area contributed by atoms with Crippen LogP contribution >= 0.6 is 0 Å². The molecular formula is C16H21F11O3. The number of aliphatic hydroxyl groups is 2. The van der Waals surface area contributed by atoms with Gasteiger partial charge in [-0.3, -0.25) is 0 Å². The number of hydrogen-bond donors (Lipinski definition) is 2. The van der Waals surface area contributed by atoms with Crippen LogP contribution < -0.4 is 0 Å². The van der Waals surface area contributed by atoms with E-state index in [-0.39, 0.29) is 6.92 Å². The van der Waals surface area contributed by atoms with Crippen molar-refractivity contribution in [3.05, 3.63) is 0 Å². The minimum atomic E-state index is -6.10. The molecule has 0 amide bonds. The van der Waals surface area contributed by atoms with E-state index >= 15 is 0 Å². The SMILES string of the molecule is CCC1CC([C@H](O)OCCCC(O)(C(F)(F)F)C(F)(F)F)C(F)(F)C1(F)C(C)(F)F. The first-order chi connectivity index (χ1) is 13.2. The van der Waals surface area contributed by atoms with Crippen LogP contribution in [0.25, 0.3) is 0 Å². The first-order valence-electron chi connectivity index (χ1n) is 8.78. The van der Waals surface area contributed by atoms with Crippen LogP contribution in [-0.2, 0) is 4.74 Å². The summed E-state index contributed by atoms with van der Waals surface area (Å²) < 4.78 is 150. The van der Waals surface area contributed by atoms with Crippen LogP contribution in [0.4, 0.5) is 48.3 Å². The van der Waals surface area contributed by atoms with E-state index in [9.17, 15) is 53.4 Å². The summed E-state index contributed by atoms with van der Waals surface area (Å²) in [7, 11) is 0. The monoisotopic (exact) mass is 470 g/mol. The van der Waals surface area contributed by atoms with Gasteiger partial charge < -0.3 is 14.9 Å². The number of halogens is 11. The molecule has 0 radical (unpaired) electrons. The molecule has 0 aromatic carbocycles. The molecule has 0 bridgehead atoms. The molecule has 1 aliphatic carbocycles. The Balaban J connectivity index is 2.86. The van der Waals surface area contributed by atoms with E-state index in [2.05, 4.69) is 4.74 Å². The Labute approximate surface area is 164 Å². The second-order valence-electron chi connectivity index (χ2n) is 7.39. The van der Waals surface area contributed by atoms with Crippen molar-refractivity contribution in [3.8, 4) is 0 Å². The maximum atomic E-state index is 14.7. The molecule has 0 heterocycles. The van der Waals surface area contributed by atoms with Crippen LogP contribution in [0.5, 0.6) is 0 Å². The molecule has 3 nitrogen and oxygen atoms in total. The summed E-state index contributed by atoms with van der Waals surface area (Å²) in [5.74, 6) is -13.7. The molecule has 2 N–H and O–H groups in total. The molecule has 4 atom stereocenters. The molecule has 0 saturated heterocycles. The van der Waals surface area contributed by atoms with Crippen molar-refractivity contribution < 1.29 is 63.2 Å². The summed E-state index contributed by atoms with van der Waals surface area (Å²) in [6.45, 7) is -0.0688. The topological polar surface area (TPSA) is 49.7 Å². The lowest BCUT2D eigenvalue weighted by Gasteiger charge is -2.38. The zero-order valence-electron chi connectivity index (χ0n) is 15.7. The Morgan fingerprint density at radius 1 is 1.00 bits per heavy atom. The first-order valence-corrected chi connectivity index (χ1v) is 8.78. The van der Waals surface area contributed by atoms with Crippen molar-refractivity contribution in [1.82, 2.24) is 0 Å².